The molecule has 0 spiro atoms. The number of aliphatic carboxylic acids is 1. The first-order chi connectivity index (χ1) is 8.58. The van der Waals surface area contributed by atoms with Gasteiger partial charge in [0.05, 0.1) is 6.61 Å². The van der Waals surface area contributed by atoms with Crippen molar-refractivity contribution in [3.8, 4) is 5.75 Å². The van der Waals surface area contributed by atoms with E-state index in [1.165, 1.54) is 24.3 Å². The molecule has 0 bridgehead atoms. The fourth-order valence-corrected chi connectivity index (χ4v) is 1.22. The molecule has 0 saturated heterocycles. The average Bonchev–Trinajstić information content (AvgIpc) is 2.34. The topological polar surface area (TPSA) is 75.6 Å². The minimum atomic E-state index is -1.08. The van der Waals surface area contributed by atoms with Gasteiger partial charge in [0.1, 0.15) is 18.1 Å². The number of halogens is 1. The van der Waals surface area contributed by atoms with E-state index in [1.54, 1.807) is 0 Å². The number of ether oxygens (including phenoxy) is 1. The highest BCUT2D eigenvalue weighted by molar-refractivity contribution is 5.80. The molecule has 98 valence electrons. The molecule has 1 amide bonds. The van der Waals surface area contributed by atoms with Crippen molar-refractivity contribution >= 4 is 11.9 Å². The van der Waals surface area contributed by atoms with Gasteiger partial charge >= 0.3 is 5.97 Å². The van der Waals surface area contributed by atoms with Gasteiger partial charge in [-0.3, -0.25) is 9.59 Å². The fourth-order valence-electron chi connectivity index (χ4n) is 1.22. The zero-order chi connectivity index (χ0) is 13.4. The number of amides is 1. The summed E-state index contributed by atoms with van der Waals surface area (Å²) in [4.78, 5) is 21.3. The van der Waals surface area contributed by atoms with E-state index in [-0.39, 0.29) is 24.7 Å². The number of carbonyl (C=O) groups is 2. The largest absolute Gasteiger partial charge is 0.494 e. The Morgan fingerprint density at radius 2 is 1.94 bits per heavy atom. The van der Waals surface area contributed by atoms with Crippen LogP contribution in [0.15, 0.2) is 24.3 Å². The Labute approximate surface area is 104 Å². The Kier molecular flexibility index (Phi) is 5.63. The van der Waals surface area contributed by atoms with Crippen molar-refractivity contribution in [3.05, 3.63) is 30.1 Å². The third-order valence-corrected chi connectivity index (χ3v) is 2.07. The molecule has 0 aliphatic heterocycles. The zero-order valence-corrected chi connectivity index (χ0v) is 9.69. The molecule has 2 N–H and O–H groups in total. The Morgan fingerprint density at radius 3 is 2.56 bits per heavy atom. The van der Waals surface area contributed by atoms with Crippen LogP contribution < -0.4 is 10.1 Å². The Bertz CT molecular complexity index is 405. The van der Waals surface area contributed by atoms with Gasteiger partial charge in [0.15, 0.2) is 0 Å². The number of nitrogens with one attached hydrogen (secondary N) is 1. The van der Waals surface area contributed by atoms with Crippen LogP contribution >= 0.6 is 0 Å². The maximum atomic E-state index is 12.6. The standard InChI is InChI=1S/C12H14FNO4/c13-9-3-5-10(6-4-9)18-7-1-2-11(15)14-8-12(16)17/h3-6H,1-2,7-8H2,(H,14,15)(H,16,17). The highest BCUT2D eigenvalue weighted by Crippen LogP contribution is 2.11. The van der Waals surface area contributed by atoms with Crippen LogP contribution in [0.1, 0.15) is 12.8 Å². The van der Waals surface area contributed by atoms with Crippen LogP contribution in [-0.2, 0) is 9.59 Å². The second-order valence-corrected chi connectivity index (χ2v) is 3.58. The predicted octanol–water partition coefficient (Wildman–Crippen LogP) is 1.19. The van der Waals surface area contributed by atoms with E-state index < -0.39 is 5.97 Å². The third-order valence-electron chi connectivity index (χ3n) is 2.07. The summed E-state index contributed by atoms with van der Waals surface area (Å²) in [5.74, 6) is -1.22. The van der Waals surface area contributed by atoms with Gasteiger partial charge in [0.25, 0.3) is 0 Å². The number of carboxylic acids is 1. The summed E-state index contributed by atoms with van der Waals surface area (Å²) in [5.41, 5.74) is 0. The molecule has 0 radical (unpaired) electrons. The van der Waals surface area contributed by atoms with Gasteiger partial charge in [0.2, 0.25) is 5.91 Å². The molecule has 18 heavy (non-hydrogen) atoms. The van der Waals surface area contributed by atoms with Crippen LogP contribution in [-0.4, -0.2) is 30.1 Å². The first-order valence-corrected chi connectivity index (χ1v) is 5.45. The van der Waals surface area contributed by atoms with Gasteiger partial charge in [-0.05, 0) is 30.7 Å². The first-order valence-electron chi connectivity index (χ1n) is 5.45. The van der Waals surface area contributed by atoms with Crippen LogP contribution in [0.3, 0.4) is 0 Å². The highest BCUT2D eigenvalue weighted by Gasteiger charge is 2.03. The summed E-state index contributed by atoms with van der Waals surface area (Å²) in [6.45, 7) is -0.0657. The molecule has 1 aromatic rings. The lowest BCUT2D eigenvalue weighted by Gasteiger charge is -2.06. The van der Waals surface area contributed by atoms with Crippen LogP contribution in [0.2, 0.25) is 0 Å². The molecule has 0 aliphatic carbocycles. The molecule has 0 atom stereocenters. The Morgan fingerprint density at radius 1 is 1.28 bits per heavy atom. The Balaban J connectivity index is 2.13. The van der Waals surface area contributed by atoms with Crippen LogP contribution in [0.5, 0.6) is 5.75 Å². The second-order valence-electron chi connectivity index (χ2n) is 3.58. The molecule has 0 saturated carbocycles. The first kappa shape index (κ1) is 14.0. The van der Waals surface area contributed by atoms with Gasteiger partial charge in [0, 0.05) is 6.42 Å². The summed E-state index contributed by atoms with van der Waals surface area (Å²) in [7, 11) is 0. The van der Waals surface area contributed by atoms with E-state index in [0.29, 0.717) is 18.8 Å². The van der Waals surface area contributed by atoms with Crippen molar-refractivity contribution in [1.29, 1.82) is 0 Å². The SMILES string of the molecule is O=C(O)CNC(=O)CCCOc1ccc(F)cc1. The average molecular weight is 255 g/mol. The van der Waals surface area contributed by atoms with Gasteiger partial charge in [-0.1, -0.05) is 0 Å². The van der Waals surface area contributed by atoms with Gasteiger partial charge in [-0.25, -0.2) is 4.39 Å². The van der Waals surface area contributed by atoms with Crippen LogP contribution in [0.4, 0.5) is 4.39 Å². The lowest BCUT2D eigenvalue weighted by molar-refractivity contribution is -0.137. The minimum absolute atomic E-state index is 0.189. The molecule has 5 nitrogen and oxygen atoms in total. The number of carbonyl (C=O) groups excluding carboxylic acids is 1. The summed E-state index contributed by atoms with van der Waals surface area (Å²) in [6, 6.07) is 5.57. The summed E-state index contributed by atoms with van der Waals surface area (Å²) < 4.78 is 17.8. The third kappa shape index (κ3) is 5.83. The number of hydrogen-bond acceptors (Lipinski definition) is 3. The number of carboxylic acid groups (broad SMARTS) is 1. The van der Waals surface area contributed by atoms with Crippen molar-refractivity contribution in [1.82, 2.24) is 5.32 Å². The molecule has 1 aromatic carbocycles. The molecule has 0 fully saturated rings. The molecule has 0 aliphatic rings. The molecule has 6 heteroatoms. The minimum Gasteiger partial charge on any atom is -0.494 e. The molecule has 0 heterocycles. The van der Waals surface area contributed by atoms with Crippen molar-refractivity contribution in [2.75, 3.05) is 13.2 Å². The van der Waals surface area contributed by atoms with E-state index >= 15 is 0 Å². The van der Waals surface area contributed by atoms with E-state index in [2.05, 4.69) is 5.32 Å². The molecule has 0 aromatic heterocycles. The Hall–Kier alpha value is -2.11. The maximum Gasteiger partial charge on any atom is 0.322 e. The predicted molar refractivity (Wildman–Crippen MR) is 61.8 cm³/mol. The molecule has 0 unspecified atom stereocenters. The van der Waals surface area contributed by atoms with Crippen molar-refractivity contribution in [3.63, 3.8) is 0 Å². The van der Waals surface area contributed by atoms with Crippen molar-refractivity contribution in [2.24, 2.45) is 0 Å². The van der Waals surface area contributed by atoms with Crippen molar-refractivity contribution < 1.29 is 23.8 Å². The monoisotopic (exact) mass is 255 g/mol. The van der Waals surface area contributed by atoms with E-state index in [0.717, 1.165) is 0 Å². The summed E-state index contributed by atoms with van der Waals surface area (Å²) in [6.07, 6.45) is 0.650. The second kappa shape index (κ2) is 7.26. The molecular weight excluding hydrogens is 241 g/mol. The van der Waals surface area contributed by atoms with E-state index in [4.69, 9.17) is 9.84 Å². The number of benzene rings is 1. The number of rotatable bonds is 7. The zero-order valence-electron chi connectivity index (χ0n) is 9.69. The highest BCUT2D eigenvalue weighted by atomic mass is 19.1. The maximum absolute atomic E-state index is 12.6. The molecular formula is C12H14FNO4. The quantitative estimate of drug-likeness (QED) is 0.717. The molecule has 1 rings (SSSR count). The van der Waals surface area contributed by atoms with Gasteiger partial charge in [-0.2, -0.15) is 0 Å². The summed E-state index contributed by atoms with van der Waals surface area (Å²) >= 11 is 0. The van der Waals surface area contributed by atoms with E-state index in [9.17, 15) is 14.0 Å². The normalized spacial score (nSPS) is 9.83. The van der Waals surface area contributed by atoms with Gasteiger partial charge < -0.3 is 15.2 Å². The lowest BCUT2D eigenvalue weighted by Crippen LogP contribution is -2.29. The smallest absolute Gasteiger partial charge is 0.322 e. The number of hydrogen-bond donors (Lipinski definition) is 2. The van der Waals surface area contributed by atoms with E-state index in [1.807, 2.05) is 0 Å². The van der Waals surface area contributed by atoms with Gasteiger partial charge in [-0.15, -0.1) is 0 Å². The van der Waals surface area contributed by atoms with Crippen LogP contribution in [0.25, 0.3) is 0 Å². The van der Waals surface area contributed by atoms with Crippen molar-refractivity contribution in [2.45, 2.75) is 12.8 Å². The lowest BCUT2D eigenvalue weighted by atomic mass is 10.3. The summed E-state index contributed by atoms with van der Waals surface area (Å²) in [5, 5.41) is 10.6. The van der Waals surface area contributed by atoms with Crippen LogP contribution in [0, 0.1) is 5.82 Å². The fraction of sp³-hybridized carbons (Fsp3) is 0.333.